The highest BCUT2D eigenvalue weighted by molar-refractivity contribution is 5.50. The molecule has 1 heterocycles. The highest BCUT2D eigenvalue weighted by atomic mass is 19.1. The van der Waals surface area contributed by atoms with Crippen molar-refractivity contribution in [1.29, 1.82) is 0 Å². The topological polar surface area (TPSA) is 33.7 Å². The van der Waals surface area contributed by atoms with Crippen LogP contribution < -0.4 is 10.2 Å². The van der Waals surface area contributed by atoms with E-state index in [1.54, 1.807) is 13.2 Å². The van der Waals surface area contributed by atoms with Crippen LogP contribution in [0.3, 0.4) is 0 Å². The number of nitrogens with one attached hydrogen (secondary N) is 1. The number of morpholine rings is 1. The van der Waals surface area contributed by atoms with Crippen LogP contribution >= 0.6 is 0 Å². The normalized spacial score (nSPS) is 19.0. The van der Waals surface area contributed by atoms with Crippen LogP contribution in [0.1, 0.15) is 18.9 Å². The van der Waals surface area contributed by atoms with Crippen molar-refractivity contribution in [2.45, 2.75) is 25.9 Å². The number of anilines is 1. The van der Waals surface area contributed by atoms with Crippen LogP contribution in [0.2, 0.25) is 0 Å². The van der Waals surface area contributed by atoms with Gasteiger partial charge in [-0.25, -0.2) is 4.39 Å². The molecule has 1 fully saturated rings. The minimum Gasteiger partial charge on any atom is -0.383 e. The summed E-state index contributed by atoms with van der Waals surface area (Å²) in [4.78, 5) is 2.13. The fourth-order valence-electron chi connectivity index (χ4n) is 2.61. The first-order valence-electron chi connectivity index (χ1n) is 7.58. The van der Waals surface area contributed by atoms with Crippen LogP contribution in [0.25, 0.3) is 0 Å². The largest absolute Gasteiger partial charge is 0.383 e. The van der Waals surface area contributed by atoms with E-state index in [2.05, 4.69) is 17.1 Å². The van der Waals surface area contributed by atoms with Gasteiger partial charge in [-0.15, -0.1) is 0 Å². The third-order valence-electron chi connectivity index (χ3n) is 3.83. The van der Waals surface area contributed by atoms with E-state index in [1.807, 2.05) is 12.1 Å². The fraction of sp³-hybridized carbons (Fsp3) is 0.625. The molecule has 1 aromatic rings. The van der Waals surface area contributed by atoms with E-state index in [0.29, 0.717) is 32.1 Å². The average Bonchev–Trinajstić information content (AvgIpc) is 2.52. The number of hydrogen-bond donors (Lipinski definition) is 1. The summed E-state index contributed by atoms with van der Waals surface area (Å²) in [6.45, 7) is 6.28. The van der Waals surface area contributed by atoms with Gasteiger partial charge in [0.15, 0.2) is 0 Å². The lowest BCUT2D eigenvalue weighted by molar-refractivity contribution is 0.0926. The molecule has 0 aliphatic carbocycles. The van der Waals surface area contributed by atoms with Gasteiger partial charge >= 0.3 is 0 Å². The minimum absolute atomic E-state index is 0.151. The molecule has 1 N–H and O–H groups in total. The van der Waals surface area contributed by atoms with E-state index >= 15 is 0 Å². The smallest absolute Gasteiger partial charge is 0.146 e. The minimum atomic E-state index is -0.151. The standard InChI is InChI=1S/C16H25FN2O2/c1-3-14-12-21-9-7-19(14)16-5-4-13(10-15(16)17)11-18-6-8-20-2/h4-5,10,14,18H,3,6-9,11-12H2,1-2H3. The van der Waals surface area contributed by atoms with Crippen LogP contribution in [-0.4, -0.2) is 46.1 Å². The molecule has 0 bridgehead atoms. The lowest BCUT2D eigenvalue weighted by atomic mass is 10.1. The maximum absolute atomic E-state index is 14.4. The Morgan fingerprint density at radius 2 is 2.33 bits per heavy atom. The third kappa shape index (κ3) is 4.40. The Morgan fingerprint density at radius 1 is 1.48 bits per heavy atom. The first-order chi connectivity index (χ1) is 10.3. The maximum Gasteiger partial charge on any atom is 0.146 e. The third-order valence-corrected chi connectivity index (χ3v) is 3.83. The van der Waals surface area contributed by atoms with Crippen molar-refractivity contribution in [1.82, 2.24) is 5.32 Å². The number of nitrogens with zero attached hydrogens (tertiary/aromatic N) is 1. The van der Waals surface area contributed by atoms with E-state index < -0.39 is 0 Å². The van der Waals surface area contributed by atoms with Crippen molar-refractivity contribution in [2.75, 3.05) is 44.9 Å². The van der Waals surface area contributed by atoms with Crippen molar-refractivity contribution < 1.29 is 13.9 Å². The maximum atomic E-state index is 14.4. The zero-order chi connectivity index (χ0) is 15.1. The van der Waals surface area contributed by atoms with Crippen LogP contribution in [-0.2, 0) is 16.0 Å². The second-order valence-electron chi connectivity index (χ2n) is 5.29. The molecule has 1 aliphatic heterocycles. The monoisotopic (exact) mass is 296 g/mol. The number of ether oxygens (including phenoxy) is 2. The Balaban J connectivity index is 2.01. The molecule has 1 saturated heterocycles. The predicted octanol–water partition coefficient (Wildman–Crippen LogP) is 2.18. The summed E-state index contributed by atoms with van der Waals surface area (Å²) in [7, 11) is 1.67. The van der Waals surface area contributed by atoms with Gasteiger partial charge in [0.05, 0.1) is 31.5 Å². The molecule has 1 aliphatic rings. The van der Waals surface area contributed by atoms with Gasteiger partial charge in [0.25, 0.3) is 0 Å². The molecule has 4 nitrogen and oxygen atoms in total. The van der Waals surface area contributed by atoms with Crippen molar-refractivity contribution >= 4 is 5.69 Å². The van der Waals surface area contributed by atoms with Gasteiger partial charge in [-0.05, 0) is 24.1 Å². The average molecular weight is 296 g/mol. The Bertz CT molecular complexity index is 442. The van der Waals surface area contributed by atoms with E-state index in [-0.39, 0.29) is 11.9 Å². The molecule has 1 atom stereocenters. The van der Waals surface area contributed by atoms with Crippen molar-refractivity contribution in [2.24, 2.45) is 0 Å². The summed E-state index contributed by atoms with van der Waals surface area (Å²) >= 11 is 0. The number of hydrogen-bond acceptors (Lipinski definition) is 4. The summed E-state index contributed by atoms with van der Waals surface area (Å²) in [6, 6.07) is 5.76. The van der Waals surface area contributed by atoms with Gasteiger partial charge in [-0.2, -0.15) is 0 Å². The highest BCUT2D eigenvalue weighted by Gasteiger charge is 2.23. The summed E-state index contributed by atoms with van der Waals surface area (Å²) in [5, 5.41) is 3.22. The summed E-state index contributed by atoms with van der Waals surface area (Å²) < 4.78 is 24.8. The van der Waals surface area contributed by atoms with Gasteiger partial charge in [0.2, 0.25) is 0 Å². The first-order valence-corrected chi connectivity index (χ1v) is 7.58. The van der Waals surface area contributed by atoms with Crippen LogP contribution in [0.5, 0.6) is 0 Å². The first kappa shape index (κ1) is 16.2. The molecule has 118 valence electrons. The van der Waals surface area contributed by atoms with Crippen molar-refractivity contribution in [3.05, 3.63) is 29.6 Å². The van der Waals surface area contributed by atoms with Gasteiger partial charge in [0.1, 0.15) is 5.82 Å². The lowest BCUT2D eigenvalue weighted by Crippen LogP contribution is -2.45. The van der Waals surface area contributed by atoms with Gasteiger partial charge in [-0.1, -0.05) is 13.0 Å². The zero-order valence-electron chi connectivity index (χ0n) is 12.9. The molecule has 0 amide bonds. The van der Waals surface area contributed by atoms with E-state index in [1.165, 1.54) is 0 Å². The molecule has 5 heteroatoms. The zero-order valence-corrected chi connectivity index (χ0v) is 12.9. The highest BCUT2D eigenvalue weighted by Crippen LogP contribution is 2.25. The molecule has 1 unspecified atom stereocenters. The molecule has 0 spiro atoms. The Kier molecular flexibility index (Phi) is 6.42. The number of benzene rings is 1. The Hall–Kier alpha value is -1.17. The molecular weight excluding hydrogens is 271 g/mol. The SMILES string of the molecule is CCC1COCCN1c1ccc(CNCCOC)cc1F. The van der Waals surface area contributed by atoms with Gasteiger partial charge in [0, 0.05) is 26.7 Å². The second kappa shape index (κ2) is 8.32. The van der Waals surface area contributed by atoms with E-state index in [9.17, 15) is 4.39 Å². The molecule has 1 aromatic carbocycles. The molecule has 0 aromatic heterocycles. The van der Waals surface area contributed by atoms with Crippen LogP contribution in [0, 0.1) is 5.82 Å². The lowest BCUT2D eigenvalue weighted by Gasteiger charge is -2.37. The molecule has 2 rings (SSSR count). The van der Waals surface area contributed by atoms with Crippen molar-refractivity contribution in [3.63, 3.8) is 0 Å². The van der Waals surface area contributed by atoms with E-state index in [0.717, 1.165) is 25.1 Å². The molecule has 21 heavy (non-hydrogen) atoms. The molecule has 0 radical (unpaired) electrons. The Labute approximate surface area is 126 Å². The van der Waals surface area contributed by atoms with E-state index in [4.69, 9.17) is 9.47 Å². The quantitative estimate of drug-likeness (QED) is 0.782. The second-order valence-corrected chi connectivity index (χ2v) is 5.29. The Morgan fingerprint density at radius 3 is 3.05 bits per heavy atom. The summed E-state index contributed by atoms with van der Waals surface area (Å²) in [6.07, 6.45) is 0.958. The molecule has 0 saturated carbocycles. The summed E-state index contributed by atoms with van der Waals surface area (Å²) in [5.41, 5.74) is 1.64. The van der Waals surface area contributed by atoms with Crippen LogP contribution in [0.4, 0.5) is 10.1 Å². The summed E-state index contributed by atoms with van der Waals surface area (Å²) in [5.74, 6) is -0.151. The fourth-order valence-corrected chi connectivity index (χ4v) is 2.61. The van der Waals surface area contributed by atoms with Gasteiger partial charge < -0.3 is 19.7 Å². The van der Waals surface area contributed by atoms with Crippen LogP contribution in [0.15, 0.2) is 18.2 Å². The number of rotatable bonds is 7. The molecular formula is C16H25FN2O2. The van der Waals surface area contributed by atoms with Gasteiger partial charge in [-0.3, -0.25) is 0 Å². The number of halogens is 1. The number of methoxy groups -OCH3 is 1. The van der Waals surface area contributed by atoms with Crippen molar-refractivity contribution in [3.8, 4) is 0 Å². The predicted molar refractivity (Wildman–Crippen MR) is 82.2 cm³/mol.